The van der Waals surface area contributed by atoms with E-state index in [-0.39, 0.29) is 0 Å². The maximum atomic E-state index is 13.3. The standard InChI is InChI=1S/C7HClF4N2O4/c8-5(15)2-1-3(14(16)17)13-6(4(2)9)18-7(10,11)12/h1H. The number of ether oxygens (including phenoxy) is 1. The number of nitro groups is 1. The summed E-state index contributed by atoms with van der Waals surface area (Å²) >= 11 is 4.86. The second-order valence-corrected chi connectivity index (χ2v) is 3.07. The van der Waals surface area contributed by atoms with Gasteiger partial charge in [0.1, 0.15) is 0 Å². The number of carbonyl (C=O) groups is 1. The number of halogens is 5. The summed E-state index contributed by atoms with van der Waals surface area (Å²) in [6.45, 7) is 0. The minimum atomic E-state index is -5.32. The van der Waals surface area contributed by atoms with Crippen LogP contribution in [0.3, 0.4) is 0 Å². The van der Waals surface area contributed by atoms with Crippen molar-refractivity contribution < 1.29 is 32.0 Å². The second kappa shape index (κ2) is 4.72. The van der Waals surface area contributed by atoms with Gasteiger partial charge in [-0.25, -0.2) is 0 Å². The van der Waals surface area contributed by atoms with E-state index in [9.17, 15) is 32.5 Å². The molecule has 0 unspecified atom stereocenters. The molecule has 0 N–H and O–H groups in total. The zero-order valence-electron chi connectivity index (χ0n) is 7.99. The first-order valence-corrected chi connectivity index (χ1v) is 4.30. The van der Waals surface area contributed by atoms with Crippen LogP contribution in [0.25, 0.3) is 0 Å². The summed E-state index contributed by atoms with van der Waals surface area (Å²) in [4.78, 5) is 22.5. The monoisotopic (exact) mass is 288 g/mol. The van der Waals surface area contributed by atoms with Gasteiger partial charge in [0.05, 0.1) is 11.6 Å². The van der Waals surface area contributed by atoms with E-state index < -0.39 is 39.6 Å². The molecule has 6 nitrogen and oxygen atoms in total. The molecule has 1 aromatic heterocycles. The molecule has 0 saturated carbocycles. The highest BCUT2D eigenvalue weighted by atomic mass is 35.5. The zero-order chi connectivity index (χ0) is 14.1. The van der Waals surface area contributed by atoms with Gasteiger partial charge >= 0.3 is 18.1 Å². The second-order valence-electron chi connectivity index (χ2n) is 2.73. The lowest BCUT2D eigenvalue weighted by atomic mass is 10.2. The Labute approximate surface area is 100 Å². The molecule has 0 aliphatic carbocycles. The molecule has 0 aromatic carbocycles. The average molecular weight is 289 g/mol. The largest absolute Gasteiger partial charge is 0.575 e. The molecule has 11 heteroatoms. The van der Waals surface area contributed by atoms with Crippen molar-refractivity contribution in [3.05, 3.63) is 27.6 Å². The fourth-order valence-electron chi connectivity index (χ4n) is 0.907. The SMILES string of the molecule is O=C(Cl)c1cc([N+](=O)[O-])nc(OC(F)(F)F)c1F. The van der Waals surface area contributed by atoms with E-state index in [1.54, 1.807) is 0 Å². The predicted octanol–water partition coefficient (Wildman–Crippen LogP) is 2.41. The lowest BCUT2D eigenvalue weighted by molar-refractivity contribution is -0.390. The van der Waals surface area contributed by atoms with E-state index in [0.29, 0.717) is 6.07 Å². The van der Waals surface area contributed by atoms with Gasteiger partial charge in [-0.3, -0.25) is 4.79 Å². The summed E-state index contributed by atoms with van der Waals surface area (Å²) in [5.41, 5.74) is -1.14. The highest BCUT2D eigenvalue weighted by Crippen LogP contribution is 2.29. The topological polar surface area (TPSA) is 82.3 Å². The molecule has 0 amide bonds. The molecule has 0 aliphatic rings. The summed E-state index contributed by atoms with van der Waals surface area (Å²) in [6, 6.07) is 0.300. The van der Waals surface area contributed by atoms with Crippen LogP contribution in [-0.4, -0.2) is 21.5 Å². The van der Waals surface area contributed by atoms with Crippen LogP contribution in [0.1, 0.15) is 10.4 Å². The van der Waals surface area contributed by atoms with Gasteiger partial charge in [-0.1, -0.05) is 0 Å². The molecule has 18 heavy (non-hydrogen) atoms. The van der Waals surface area contributed by atoms with Crippen molar-refractivity contribution >= 4 is 22.7 Å². The molecule has 0 radical (unpaired) electrons. The Bertz CT molecular complexity index is 519. The first-order chi connectivity index (χ1) is 8.11. The van der Waals surface area contributed by atoms with Crippen molar-refractivity contribution in [2.45, 2.75) is 6.36 Å². The normalized spacial score (nSPS) is 11.2. The van der Waals surface area contributed by atoms with Gasteiger partial charge in [0.2, 0.25) is 5.82 Å². The number of hydrogen-bond acceptors (Lipinski definition) is 5. The molecule has 0 fully saturated rings. The predicted molar refractivity (Wildman–Crippen MR) is 47.7 cm³/mol. The Balaban J connectivity index is 3.40. The number of nitrogens with zero attached hydrogens (tertiary/aromatic N) is 2. The minimum Gasteiger partial charge on any atom is -0.364 e. The summed E-state index contributed by atoms with van der Waals surface area (Å²) in [7, 11) is 0. The van der Waals surface area contributed by atoms with Crippen molar-refractivity contribution in [3.8, 4) is 5.88 Å². The van der Waals surface area contributed by atoms with Crippen LogP contribution < -0.4 is 4.74 Å². The number of carbonyl (C=O) groups excluding carboxylic acids is 1. The molecular weight excluding hydrogens is 288 g/mol. The van der Waals surface area contributed by atoms with Crippen LogP contribution in [0, 0.1) is 15.9 Å². The lowest BCUT2D eigenvalue weighted by Crippen LogP contribution is -2.20. The van der Waals surface area contributed by atoms with Gasteiger partial charge < -0.3 is 14.9 Å². The Morgan fingerprint density at radius 2 is 2.06 bits per heavy atom. The Hall–Kier alpha value is -1.97. The fraction of sp³-hybridized carbons (Fsp3) is 0.143. The Morgan fingerprint density at radius 1 is 1.50 bits per heavy atom. The summed E-state index contributed by atoms with van der Waals surface area (Å²) in [5, 5.41) is 8.81. The third-order valence-electron chi connectivity index (χ3n) is 1.52. The summed E-state index contributed by atoms with van der Waals surface area (Å²) in [5.74, 6) is -4.79. The number of aromatic nitrogens is 1. The molecule has 1 rings (SSSR count). The van der Waals surface area contributed by atoms with Crippen molar-refractivity contribution in [2.75, 3.05) is 0 Å². The van der Waals surface area contributed by atoms with Gasteiger partial charge in [0.25, 0.3) is 5.24 Å². The highest BCUT2D eigenvalue weighted by molar-refractivity contribution is 6.67. The molecule has 0 atom stereocenters. The first-order valence-electron chi connectivity index (χ1n) is 3.92. The van der Waals surface area contributed by atoms with Crippen LogP contribution in [0.15, 0.2) is 6.07 Å². The van der Waals surface area contributed by atoms with Crippen molar-refractivity contribution in [1.29, 1.82) is 0 Å². The van der Waals surface area contributed by atoms with E-state index in [1.165, 1.54) is 0 Å². The van der Waals surface area contributed by atoms with Gasteiger partial charge in [-0.15, -0.1) is 13.2 Å². The third kappa shape index (κ3) is 3.26. The quantitative estimate of drug-likeness (QED) is 0.369. The molecule has 0 saturated heterocycles. The number of hydrogen-bond donors (Lipinski definition) is 0. The van der Waals surface area contributed by atoms with Crippen LogP contribution in [-0.2, 0) is 0 Å². The summed E-state index contributed by atoms with van der Waals surface area (Å²) in [6.07, 6.45) is -5.32. The Kier molecular flexibility index (Phi) is 3.70. The van der Waals surface area contributed by atoms with Crippen LogP contribution in [0.2, 0.25) is 0 Å². The van der Waals surface area contributed by atoms with Crippen molar-refractivity contribution in [3.63, 3.8) is 0 Å². The van der Waals surface area contributed by atoms with E-state index in [1.807, 2.05) is 0 Å². The number of rotatable bonds is 3. The molecule has 1 heterocycles. The fourth-order valence-corrected chi connectivity index (χ4v) is 1.04. The number of alkyl halides is 3. The Morgan fingerprint density at radius 3 is 2.44 bits per heavy atom. The minimum absolute atomic E-state index is 0.300. The number of pyridine rings is 1. The van der Waals surface area contributed by atoms with Gasteiger partial charge in [-0.2, -0.15) is 4.39 Å². The molecule has 0 spiro atoms. The maximum Gasteiger partial charge on any atom is 0.575 e. The van der Waals surface area contributed by atoms with Crippen LogP contribution in [0.4, 0.5) is 23.4 Å². The van der Waals surface area contributed by atoms with Gasteiger partial charge in [0.15, 0.2) is 0 Å². The highest BCUT2D eigenvalue weighted by Gasteiger charge is 2.37. The van der Waals surface area contributed by atoms with E-state index >= 15 is 0 Å². The van der Waals surface area contributed by atoms with E-state index in [4.69, 9.17) is 11.6 Å². The van der Waals surface area contributed by atoms with Gasteiger partial charge in [-0.05, 0) is 16.5 Å². The zero-order valence-corrected chi connectivity index (χ0v) is 8.75. The first kappa shape index (κ1) is 14.1. The van der Waals surface area contributed by atoms with Crippen LogP contribution in [0.5, 0.6) is 5.88 Å². The molecular formula is C7HClF4N2O4. The molecule has 0 bridgehead atoms. The molecule has 0 aliphatic heterocycles. The molecule has 1 aromatic rings. The van der Waals surface area contributed by atoms with E-state index in [0.717, 1.165) is 0 Å². The lowest BCUT2D eigenvalue weighted by Gasteiger charge is -2.06. The van der Waals surface area contributed by atoms with Crippen LogP contribution >= 0.6 is 11.6 Å². The summed E-state index contributed by atoms with van der Waals surface area (Å²) < 4.78 is 52.0. The maximum absolute atomic E-state index is 13.3. The molecule has 98 valence electrons. The average Bonchev–Trinajstić information content (AvgIpc) is 2.18. The third-order valence-corrected chi connectivity index (χ3v) is 1.73. The smallest absolute Gasteiger partial charge is 0.364 e. The van der Waals surface area contributed by atoms with E-state index in [2.05, 4.69) is 9.72 Å². The van der Waals surface area contributed by atoms with Crippen molar-refractivity contribution in [1.82, 2.24) is 4.98 Å². The van der Waals surface area contributed by atoms with Gasteiger partial charge in [0, 0.05) is 4.98 Å². The van der Waals surface area contributed by atoms with Crippen molar-refractivity contribution in [2.24, 2.45) is 0 Å².